The first-order valence-electron chi connectivity index (χ1n) is 5.94. The van der Waals surface area contributed by atoms with Crippen molar-refractivity contribution in [3.63, 3.8) is 0 Å². The Balaban J connectivity index is 2.14. The Morgan fingerprint density at radius 2 is 1.67 bits per heavy atom. The van der Waals surface area contributed by atoms with Gasteiger partial charge in [-0.25, -0.2) is 0 Å². The van der Waals surface area contributed by atoms with Gasteiger partial charge in [-0.15, -0.1) is 0 Å². The summed E-state index contributed by atoms with van der Waals surface area (Å²) in [5, 5.41) is 3.92. The molecule has 0 bridgehead atoms. The van der Waals surface area contributed by atoms with Gasteiger partial charge in [-0.3, -0.25) is 0 Å². The molecule has 2 aromatic carbocycles. The monoisotopic (exact) mass is 257 g/mol. The van der Waals surface area contributed by atoms with Crippen LogP contribution in [0.1, 0.15) is 11.1 Å². The maximum atomic E-state index is 5.78. The lowest BCUT2D eigenvalue weighted by Gasteiger charge is -2.11. The molecule has 0 saturated heterocycles. The fourth-order valence-electron chi connectivity index (χ4n) is 1.85. The molecule has 1 nitrogen and oxygen atoms in total. The Kier molecular flexibility index (Phi) is 4.43. The van der Waals surface area contributed by atoms with Crippen molar-refractivity contribution in [2.24, 2.45) is 0 Å². The van der Waals surface area contributed by atoms with Crippen LogP contribution in [0.2, 0.25) is 0 Å². The minimum Gasteiger partial charge on any atom is -0.380 e. The highest BCUT2D eigenvalue weighted by atomic mass is 35.5. The maximum Gasteiger partial charge on any atom is 0.0502 e. The number of rotatable bonds is 5. The zero-order valence-electron chi connectivity index (χ0n) is 10.2. The summed E-state index contributed by atoms with van der Waals surface area (Å²) in [6.45, 7) is 4.28. The van der Waals surface area contributed by atoms with E-state index in [9.17, 15) is 0 Å². The molecular weight excluding hydrogens is 242 g/mol. The quantitative estimate of drug-likeness (QED) is 0.835. The fourth-order valence-corrected chi connectivity index (χ4v) is 1.92. The van der Waals surface area contributed by atoms with Gasteiger partial charge >= 0.3 is 0 Å². The summed E-state index contributed by atoms with van der Waals surface area (Å²) in [6, 6.07) is 18.7. The lowest BCUT2D eigenvalue weighted by molar-refractivity contribution is 1.17. The molecule has 0 heterocycles. The molecule has 2 rings (SSSR count). The molecule has 0 saturated carbocycles. The largest absolute Gasteiger partial charge is 0.380 e. The topological polar surface area (TPSA) is 12.0 Å². The van der Waals surface area contributed by atoms with Crippen LogP contribution in [0.15, 0.2) is 66.2 Å². The third kappa shape index (κ3) is 3.64. The second kappa shape index (κ2) is 6.27. The number of benzene rings is 2. The van der Waals surface area contributed by atoms with Crippen molar-refractivity contribution in [1.29, 1.82) is 0 Å². The molecule has 1 N–H and O–H groups in total. The SMILES string of the molecule is C=C(Cl)CNc1ccccc1Cc1ccccc1. The summed E-state index contributed by atoms with van der Waals surface area (Å²) in [6.07, 6.45) is 0.915. The molecule has 0 fully saturated rings. The maximum absolute atomic E-state index is 5.78. The molecule has 0 aliphatic heterocycles. The molecule has 0 radical (unpaired) electrons. The summed E-state index contributed by atoms with van der Waals surface area (Å²) in [7, 11) is 0. The first-order valence-corrected chi connectivity index (χ1v) is 6.32. The summed E-state index contributed by atoms with van der Waals surface area (Å²) in [4.78, 5) is 0. The number of anilines is 1. The molecule has 0 aliphatic carbocycles. The van der Waals surface area contributed by atoms with Gasteiger partial charge < -0.3 is 5.32 Å². The van der Waals surface area contributed by atoms with E-state index in [2.05, 4.69) is 54.4 Å². The highest BCUT2D eigenvalue weighted by Gasteiger charge is 2.02. The highest BCUT2D eigenvalue weighted by Crippen LogP contribution is 2.19. The second-order valence-corrected chi connectivity index (χ2v) is 4.72. The normalized spacial score (nSPS) is 10.1. The molecule has 0 unspecified atom stereocenters. The third-order valence-electron chi connectivity index (χ3n) is 2.73. The minimum absolute atomic E-state index is 0.591. The zero-order chi connectivity index (χ0) is 12.8. The number of halogens is 1. The van der Waals surface area contributed by atoms with Crippen molar-refractivity contribution in [2.45, 2.75) is 6.42 Å². The van der Waals surface area contributed by atoms with Crippen LogP contribution < -0.4 is 5.32 Å². The predicted octanol–water partition coefficient (Wildman–Crippen LogP) is 4.44. The highest BCUT2D eigenvalue weighted by molar-refractivity contribution is 6.29. The lowest BCUT2D eigenvalue weighted by Crippen LogP contribution is -2.04. The molecule has 0 amide bonds. The van der Waals surface area contributed by atoms with Gasteiger partial charge in [0.2, 0.25) is 0 Å². The molecule has 0 spiro atoms. The van der Waals surface area contributed by atoms with Gasteiger partial charge in [-0.1, -0.05) is 66.7 Å². The lowest BCUT2D eigenvalue weighted by atomic mass is 10.0. The Bertz CT molecular complexity index is 520. The van der Waals surface area contributed by atoms with Gasteiger partial charge in [0.15, 0.2) is 0 Å². The molecule has 18 heavy (non-hydrogen) atoms. The average molecular weight is 258 g/mol. The van der Waals surface area contributed by atoms with Gasteiger partial charge in [0.1, 0.15) is 0 Å². The zero-order valence-corrected chi connectivity index (χ0v) is 11.0. The van der Waals surface area contributed by atoms with Gasteiger partial charge in [-0.2, -0.15) is 0 Å². The minimum atomic E-state index is 0.591. The van der Waals surface area contributed by atoms with Gasteiger partial charge in [-0.05, 0) is 23.6 Å². The van der Waals surface area contributed by atoms with E-state index in [0.717, 1.165) is 12.1 Å². The van der Waals surface area contributed by atoms with Crippen LogP contribution in [0, 0.1) is 0 Å². The van der Waals surface area contributed by atoms with Crippen LogP contribution >= 0.6 is 11.6 Å². The first kappa shape index (κ1) is 12.7. The molecule has 0 aliphatic rings. The number of para-hydroxylation sites is 1. The van der Waals surface area contributed by atoms with Crippen LogP contribution in [0.3, 0.4) is 0 Å². The second-order valence-electron chi connectivity index (χ2n) is 4.19. The Labute approximate surface area is 113 Å². The van der Waals surface area contributed by atoms with Gasteiger partial charge in [0, 0.05) is 10.7 Å². The van der Waals surface area contributed by atoms with E-state index in [4.69, 9.17) is 11.6 Å². The predicted molar refractivity (Wildman–Crippen MR) is 79.2 cm³/mol. The summed E-state index contributed by atoms with van der Waals surface area (Å²) in [5.41, 5.74) is 3.68. The third-order valence-corrected chi connectivity index (χ3v) is 2.86. The van der Waals surface area contributed by atoms with Crippen LogP contribution in [-0.4, -0.2) is 6.54 Å². The van der Waals surface area contributed by atoms with Crippen LogP contribution in [-0.2, 0) is 6.42 Å². The van der Waals surface area contributed by atoms with E-state index in [-0.39, 0.29) is 0 Å². The van der Waals surface area contributed by atoms with Crippen LogP contribution in [0.4, 0.5) is 5.69 Å². The Morgan fingerprint density at radius 3 is 2.39 bits per heavy atom. The van der Waals surface area contributed by atoms with E-state index in [1.165, 1.54) is 11.1 Å². The Hall–Kier alpha value is -1.73. The number of nitrogens with one attached hydrogen (secondary N) is 1. The van der Waals surface area contributed by atoms with Crippen molar-refractivity contribution >= 4 is 17.3 Å². The molecular formula is C16H16ClN. The van der Waals surface area contributed by atoms with Crippen LogP contribution in [0.5, 0.6) is 0 Å². The van der Waals surface area contributed by atoms with Crippen molar-refractivity contribution in [1.82, 2.24) is 0 Å². The molecule has 92 valence electrons. The fraction of sp³-hybridized carbons (Fsp3) is 0.125. The van der Waals surface area contributed by atoms with E-state index in [0.29, 0.717) is 11.6 Å². The molecule has 0 atom stereocenters. The molecule has 2 aromatic rings. The number of hydrogen-bond donors (Lipinski definition) is 1. The smallest absolute Gasteiger partial charge is 0.0502 e. The standard InChI is InChI=1S/C16H16ClN/c1-13(17)12-18-16-10-6-5-9-15(16)11-14-7-3-2-4-8-14/h2-10,18H,1,11-12H2. The van der Waals surface area contributed by atoms with Crippen molar-refractivity contribution < 1.29 is 0 Å². The van der Waals surface area contributed by atoms with E-state index >= 15 is 0 Å². The number of hydrogen-bond acceptors (Lipinski definition) is 1. The van der Waals surface area contributed by atoms with Crippen molar-refractivity contribution in [2.75, 3.05) is 11.9 Å². The van der Waals surface area contributed by atoms with E-state index in [1.807, 2.05) is 12.1 Å². The Morgan fingerprint density at radius 1 is 1.00 bits per heavy atom. The van der Waals surface area contributed by atoms with E-state index < -0.39 is 0 Å². The summed E-state index contributed by atoms with van der Waals surface area (Å²) in [5.74, 6) is 0. The summed E-state index contributed by atoms with van der Waals surface area (Å²) < 4.78 is 0. The molecule has 2 heteroatoms. The van der Waals surface area contributed by atoms with E-state index in [1.54, 1.807) is 0 Å². The average Bonchev–Trinajstić information content (AvgIpc) is 2.39. The summed E-state index contributed by atoms with van der Waals surface area (Å²) >= 11 is 5.78. The van der Waals surface area contributed by atoms with Gasteiger partial charge in [0.25, 0.3) is 0 Å². The van der Waals surface area contributed by atoms with Crippen LogP contribution in [0.25, 0.3) is 0 Å². The van der Waals surface area contributed by atoms with Gasteiger partial charge in [0.05, 0.1) is 6.54 Å². The van der Waals surface area contributed by atoms with Crippen molar-refractivity contribution in [3.8, 4) is 0 Å². The first-order chi connectivity index (χ1) is 8.75. The van der Waals surface area contributed by atoms with Crippen molar-refractivity contribution in [3.05, 3.63) is 77.3 Å². The molecule has 0 aromatic heterocycles.